The molecule has 5 aliphatic rings. The zero-order valence-electron chi connectivity index (χ0n) is 32.4. The number of carbonyl (C=O) groups is 3. The molecule has 0 bridgehead atoms. The van der Waals surface area contributed by atoms with Crippen molar-refractivity contribution in [1.82, 2.24) is 0 Å². The molecule has 0 radical (unpaired) electrons. The van der Waals surface area contributed by atoms with E-state index in [4.69, 9.17) is 33.2 Å². The Bertz CT molecular complexity index is 1960. The van der Waals surface area contributed by atoms with Gasteiger partial charge in [0.05, 0.1) is 47.1 Å². The Morgan fingerprint density at radius 1 is 0.877 bits per heavy atom. The molecule has 15 unspecified atom stereocenters. The smallest absolute Gasteiger partial charge is 0.207 e. The third kappa shape index (κ3) is 6.95. The van der Waals surface area contributed by atoms with Crippen molar-refractivity contribution in [3.63, 3.8) is 0 Å². The van der Waals surface area contributed by atoms with E-state index in [1.54, 1.807) is 32.0 Å². The van der Waals surface area contributed by atoms with E-state index in [-0.39, 0.29) is 47.9 Å². The number of carbonyl (C=O) groups excluding carboxylic acids is 3. The van der Waals surface area contributed by atoms with Gasteiger partial charge in [0.25, 0.3) is 0 Å². The van der Waals surface area contributed by atoms with Gasteiger partial charge in [-0.15, -0.1) is 0 Å². The highest BCUT2D eigenvalue weighted by molar-refractivity contribution is 6.25. The number of rotatable bonds is 8. The lowest BCUT2D eigenvalue weighted by atomic mass is 9.62. The van der Waals surface area contributed by atoms with E-state index < -0.39 is 125 Å². The van der Waals surface area contributed by atoms with Crippen LogP contribution in [0.1, 0.15) is 69.8 Å². The van der Waals surface area contributed by atoms with Crippen molar-refractivity contribution in [1.29, 1.82) is 0 Å². The first-order valence-electron chi connectivity index (χ1n) is 19.0. The van der Waals surface area contributed by atoms with E-state index in [9.17, 15) is 50.1 Å². The molecule has 2 aromatic rings. The quantitative estimate of drug-likeness (QED) is 0.186. The molecule has 3 aliphatic heterocycles. The average Bonchev–Trinajstić information content (AvgIpc) is 3.12. The van der Waals surface area contributed by atoms with Gasteiger partial charge in [0.2, 0.25) is 5.78 Å². The van der Waals surface area contributed by atoms with Crippen LogP contribution in [0.15, 0.2) is 35.6 Å². The Morgan fingerprint density at radius 2 is 1.47 bits per heavy atom. The maximum absolute atomic E-state index is 15.0. The summed E-state index contributed by atoms with van der Waals surface area (Å²) in [6.07, 6.45) is -13.8. The number of fused-ring (bicyclic) bond motifs is 3. The molecule has 312 valence electrons. The zero-order chi connectivity index (χ0) is 41.5. The van der Waals surface area contributed by atoms with Crippen LogP contribution in [0, 0.1) is 5.92 Å². The van der Waals surface area contributed by atoms with Gasteiger partial charge in [0.15, 0.2) is 36.0 Å². The molecule has 3 fully saturated rings. The minimum absolute atomic E-state index is 0.0376. The number of methoxy groups -OCH3 is 1. The largest absolute Gasteiger partial charge is 0.508 e. The molecule has 57 heavy (non-hydrogen) atoms. The standard InChI is InChI=1S/C40H50O17/c1-15(41)28-34(46)35(51-6)21-11-20-10-19-8-7-9-22(42)29(19)33(45)30(20)38(49)40(21,37(28)48)57-26-13-24(32(44)17(3)53-26)55-25-12-23(31(43)16(2)52-25)56-27-14-39(5,50)36(47)18(4)54-27/h7-10,16-18,21,23-27,31-32,35-36,42-45,47-48,50H,11-14H2,1-6H3. The molecule has 7 rings (SSSR count). The van der Waals surface area contributed by atoms with Crippen LogP contribution in [0.3, 0.4) is 0 Å². The van der Waals surface area contributed by atoms with Gasteiger partial charge in [-0.25, -0.2) is 0 Å². The van der Waals surface area contributed by atoms with E-state index in [1.807, 2.05) is 0 Å². The molecule has 3 saturated heterocycles. The summed E-state index contributed by atoms with van der Waals surface area (Å²) in [4.78, 5) is 41.6. The molecule has 17 heteroatoms. The Labute approximate surface area is 327 Å². The van der Waals surface area contributed by atoms with Crippen molar-refractivity contribution >= 4 is 28.1 Å². The van der Waals surface area contributed by atoms with Crippen molar-refractivity contribution in [2.24, 2.45) is 5.92 Å². The van der Waals surface area contributed by atoms with Crippen LogP contribution < -0.4 is 0 Å². The number of hydrogen-bond acceptors (Lipinski definition) is 17. The van der Waals surface area contributed by atoms with Crippen LogP contribution in [0.4, 0.5) is 0 Å². The fourth-order valence-corrected chi connectivity index (χ4v) is 9.11. The van der Waals surface area contributed by atoms with E-state index >= 15 is 0 Å². The molecule has 0 amide bonds. The molecule has 0 saturated carbocycles. The predicted molar refractivity (Wildman–Crippen MR) is 194 cm³/mol. The first-order valence-corrected chi connectivity index (χ1v) is 19.0. The van der Waals surface area contributed by atoms with Crippen LogP contribution in [-0.2, 0) is 49.2 Å². The van der Waals surface area contributed by atoms with Gasteiger partial charge >= 0.3 is 0 Å². The van der Waals surface area contributed by atoms with Gasteiger partial charge in [-0.2, -0.15) is 0 Å². The molecular formula is C40H50O17. The van der Waals surface area contributed by atoms with E-state index in [0.29, 0.717) is 5.39 Å². The Morgan fingerprint density at radius 3 is 2.09 bits per heavy atom. The summed E-state index contributed by atoms with van der Waals surface area (Å²) in [6.45, 7) is 7.20. The summed E-state index contributed by atoms with van der Waals surface area (Å²) in [7, 11) is 1.22. The summed E-state index contributed by atoms with van der Waals surface area (Å²) in [6, 6.07) is 6.09. The molecule has 3 heterocycles. The maximum atomic E-state index is 15.0. The monoisotopic (exact) mass is 802 g/mol. The van der Waals surface area contributed by atoms with E-state index in [2.05, 4.69) is 0 Å². The van der Waals surface area contributed by atoms with Gasteiger partial charge in [-0.3, -0.25) is 14.4 Å². The van der Waals surface area contributed by atoms with Crippen molar-refractivity contribution in [2.75, 3.05) is 7.11 Å². The van der Waals surface area contributed by atoms with Gasteiger partial charge in [-0.1, -0.05) is 18.2 Å². The Kier molecular flexibility index (Phi) is 11.1. The van der Waals surface area contributed by atoms with Gasteiger partial charge in [-0.05, 0) is 58.1 Å². The summed E-state index contributed by atoms with van der Waals surface area (Å²) in [5, 5.41) is 77.9. The average molecular weight is 803 g/mol. The van der Waals surface area contributed by atoms with Gasteiger partial charge in [0.1, 0.15) is 47.2 Å². The topological polar surface area (TPSA) is 257 Å². The third-order valence-electron chi connectivity index (χ3n) is 12.1. The second kappa shape index (κ2) is 15.2. The number of ketones is 3. The number of phenolic OH excluding ortho intramolecular Hbond substituents is 2. The maximum Gasteiger partial charge on any atom is 0.207 e. The highest BCUT2D eigenvalue weighted by atomic mass is 16.7. The second-order valence-electron chi connectivity index (χ2n) is 16.0. The number of phenols is 2. The fourth-order valence-electron chi connectivity index (χ4n) is 9.11. The van der Waals surface area contributed by atoms with Crippen molar-refractivity contribution < 1.29 is 83.3 Å². The number of Topliss-reactive ketones (excluding diaryl/α,β-unsaturated/α-hetero) is 3. The third-order valence-corrected chi connectivity index (χ3v) is 12.1. The summed E-state index contributed by atoms with van der Waals surface area (Å²) >= 11 is 0. The number of benzene rings is 2. The second-order valence-corrected chi connectivity index (χ2v) is 16.0. The zero-order valence-corrected chi connectivity index (χ0v) is 32.4. The molecule has 17 nitrogen and oxygen atoms in total. The molecular weight excluding hydrogens is 752 g/mol. The normalized spacial score (nSPS) is 41.2. The van der Waals surface area contributed by atoms with E-state index in [0.717, 1.165) is 6.92 Å². The number of ether oxygens (including phenoxy) is 7. The highest BCUT2D eigenvalue weighted by Crippen LogP contribution is 2.52. The lowest BCUT2D eigenvalue weighted by Crippen LogP contribution is -2.65. The van der Waals surface area contributed by atoms with Crippen LogP contribution in [0.25, 0.3) is 10.8 Å². The Balaban J connectivity index is 1.20. The molecule has 2 aliphatic carbocycles. The lowest BCUT2D eigenvalue weighted by Gasteiger charge is -2.50. The van der Waals surface area contributed by atoms with Gasteiger partial charge < -0.3 is 68.9 Å². The van der Waals surface area contributed by atoms with Crippen molar-refractivity contribution in [2.45, 2.75) is 145 Å². The van der Waals surface area contributed by atoms with Crippen LogP contribution in [0.2, 0.25) is 0 Å². The molecule has 15 atom stereocenters. The molecule has 0 spiro atoms. The lowest BCUT2D eigenvalue weighted by molar-refractivity contribution is -0.337. The first-order chi connectivity index (χ1) is 26.8. The molecule has 2 aromatic carbocycles. The highest BCUT2D eigenvalue weighted by Gasteiger charge is 2.65. The van der Waals surface area contributed by atoms with Gasteiger partial charge in [0, 0.05) is 32.3 Å². The van der Waals surface area contributed by atoms with Crippen LogP contribution in [-0.4, -0.2) is 145 Å². The van der Waals surface area contributed by atoms with Crippen molar-refractivity contribution in [3.8, 4) is 11.5 Å². The van der Waals surface area contributed by atoms with Crippen LogP contribution in [0.5, 0.6) is 11.5 Å². The minimum atomic E-state index is -2.54. The molecule has 7 N–H and O–H groups in total. The number of aromatic hydroxyl groups is 2. The molecule has 0 aromatic heterocycles. The summed E-state index contributed by atoms with van der Waals surface area (Å²) in [5.74, 6) is -5.95. The van der Waals surface area contributed by atoms with Crippen LogP contribution >= 0.6 is 0 Å². The summed E-state index contributed by atoms with van der Waals surface area (Å²) < 4.78 is 42.2. The Hall–Kier alpha value is -3.59. The SMILES string of the molecule is COC1C(=O)C(C(C)=O)=C(O)C2(OC3CC(OC4CC(OC5CC(C)(O)C(O)C(C)O5)C(O)C(C)O4)C(O)C(C)O3)C(=O)c3c(cc4cccc(O)c4c3O)CC12. The minimum Gasteiger partial charge on any atom is -0.508 e. The van der Waals surface area contributed by atoms with E-state index in [1.165, 1.54) is 27.0 Å². The number of hydrogen-bond donors (Lipinski definition) is 7. The predicted octanol–water partition coefficient (Wildman–Crippen LogP) is 1.37. The number of aliphatic hydroxyl groups is 5. The fraction of sp³-hybridized carbons (Fsp3) is 0.625. The number of aliphatic hydroxyl groups excluding tert-OH is 4. The first kappa shape index (κ1) is 41.6. The van der Waals surface area contributed by atoms with Crippen molar-refractivity contribution in [3.05, 3.63) is 46.7 Å². The summed E-state index contributed by atoms with van der Waals surface area (Å²) in [5.41, 5.74) is -4.82.